The van der Waals surface area contributed by atoms with E-state index in [0.29, 0.717) is 18.1 Å². The summed E-state index contributed by atoms with van der Waals surface area (Å²) in [4.78, 5) is 24.5. The van der Waals surface area contributed by atoms with Crippen LogP contribution in [0.3, 0.4) is 0 Å². The van der Waals surface area contributed by atoms with E-state index < -0.39 is 0 Å². The molecule has 1 fully saturated rings. The number of piperazine rings is 1. The second-order valence-electron chi connectivity index (χ2n) is 6.40. The highest BCUT2D eigenvalue weighted by Gasteiger charge is 2.21. The molecule has 2 aromatic carbocycles. The van der Waals surface area contributed by atoms with Gasteiger partial charge in [0, 0.05) is 36.9 Å². The van der Waals surface area contributed by atoms with Crippen molar-refractivity contribution in [3.63, 3.8) is 0 Å². The summed E-state index contributed by atoms with van der Waals surface area (Å²) in [5, 5.41) is 3.57. The van der Waals surface area contributed by atoms with E-state index in [9.17, 15) is 4.79 Å². The van der Waals surface area contributed by atoms with Crippen molar-refractivity contribution < 1.29 is 4.79 Å². The van der Waals surface area contributed by atoms with Crippen LogP contribution in [-0.4, -0.2) is 52.0 Å². The van der Waals surface area contributed by atoms with Gasteiger partial charge in [-0.1, -0.05) is 23.7 Å². The van der Waals surface area contributed by atoms with Gasteiger partial charge in [-0.2, -0.15) is 0 Å². The maximum atomic E-state index is 12.4. The number of urea groups is 1. The molecule has 1 saturated heterocycles. The number of hydrogen-bond donors (Lipinski definition) is 2. The molecule has 2 amide bonds. The first-order valence-electron chi connectivity index (χ1n) is 8.65. The molecule has 26 heavy (non-hydrogen) atoms. The van der Waals surface area contributed by atoms with Crippen molar-refractivity contribution in [2.75, 3.05) is 31.5 Å². The van der Waals surface area contributed by atoms with Crippen LogP contribution in [0.25, 0.3) is 11.0 Å². The van der Waals surface area contributed by atoms with Crippen LogP contribution < -0.4 is 5.32 Å². The van der Waals surface area contributed by atoms with Gasteiger partial charge in [0.05, 0.1) is 17.6 Å². The Kier molecular flexibility index (Phi) is 4.77. The van der Waals surface area contributed by atoms with Gasteiger partial charge in [0.1, 0.15) is 5.82 Å². The smallest absolute Gasteiger partial charge is 0.321 e. The molecule has 0 unspecified atom stereocenters. The van der Waals surface area contributed by atoms with Gasteiger partial charge in [0.25, 0.3) is 0 Å². The zero-order valence-electron chi connectivity index (χ0n) is 14.3. The second-order valence-corrected chi connectivity index (χ2v) is 6.84. The molecule has 4 rings (SSSR count). The minimum Gasteiger partial charge on any atom is -0.341 e. The van der Waals surface area contributed by atoms with E-state index in [2.05, 4.69) is 20.2 Å². The summed E-state index contributed by atoms with van der Waals surface area (Å²) in [5.74, 6) is 0.963. The van der Waals surface area contributed by atoms with E-state index in [0.717, 1.165) is 42.2 Å². The lowest BCUT2D eigenvalue weighted by Crippen LogP contribution is -2.49. The molecule has 3 aromatic rings. The Hall–Kier alpha value is -2.57. The molecule has 2 N–H and O–H groups in total. The van der Waals surface area contributed by atoms with Gasteiger partial charge in [0.15, 0.2) is 0 Å². The zero-order valence-corrected chi connectivity index (χ0v) is 15.0. The van der Waals surface area contributed by atoms with E-state index in [1.165, 1.54) is 0 Å². The number of carbonyl (C=O) groups excluding carboxylic acids is 1. The normalized spacial score (nSPS) is 15.3. The van der Waals surface area contributed by atoms with Crippen LogP contribution in [0.2, 0.25) is 5.02 Å². The van der Waals surface area contributed by atoms with E-state index in [4.69, 9.17) is 11.6 Å². The number of para-hydroxylation sites is 2. The first-order valence-corrected chi connectivity index (χ1v) is 9.03. The van der Waals surface area contributed by atoms with Gasteiger partial charge in [-0.05, 0) is 36.4 Å². The van der Waals surface area contributed by atoms with Crippen molar-refractivity contribution in [2.24, 2.45) is 0 Å². The van der Waals surface area contributed by atoms with Gasteiger partial charge in [0.2, 0.25) is 0 Å². The number of hydrogen-bond acceptors (Lipinski definition) is 3. The van der Waals surface area contributed by atoms with E-state index in [-0.39, 0.29) is 6.03 Å². The number of rotatable bonds is 3. The second kappa shape index (κ2) is 7.35. The zero-order chi connectivity index (χ0) is 17.9. The highest BCUT2D eigenvalue weighted by atomic mass is 35.5. The number of anilines is 1. The van der Waals surface area contributed by atoms with Gasteiger partial charge >= 0.3 is 6.03 Å². The summed E-state index contributed by atoms with van der Waals surface area (Å²) in [6.45, 7) is 3.80. The summed E-state index contributed by atoms with van der Waals surface area (Å²) >= 11 is 5.87. The Morgan fingerprint density at radius 1 is 1.08 bits per heavy atom. The third-order valence-corrected chi connectivity index (χ3v) is 4.82. The van der Waals surface area contributed by atoms with E-state index in [1.54, 1.807) is 24.3 Å². The Morgan fingerprint density at radius 2 is 1.81 bits per heavy atom. The van der Waals surface area contributed by atoms with Crippen LogP contribution in [-0.2, 0) is 6.54 Å². The molecule has 0 bridgehead atoms. The molecule has 0 saturated carbocycles. The van der Waals surface area contributed by atoms with Gasteiger partial charge < -0.3 is 15.2 Å². The molecular weight excluding hydrogens is 350 g/mol. The first kappa shape index (κ1) is 16.9. The van der Waals surface area contributed by atoms with Crippen LogP contribution >= 0.6 is 11.6 Å². The fourth-order valence-corrected chi connectivity index (χ4v) is 3.26. The Bertz CT molecular complexity index is 867. The molecule has 2 heterocycles. The number of imidazole rings is 1. The van der Waals surface area contributed by atoms with Crippen molar-refractivity contribution in [2.45, 2.75) is 6.54 Å². The average molecular weight is 370 g/mol. The third kappa shape index (κ3) is 3.81. The van der Waals surface area contributed by atoms with Crippen LogP contribution in [0.4, 0.5) is 10.5 Å². The minimum absolute atomic E-state index is 0.0734. The number of benzene rings is 2. The summed E-state index contributed by atoms with van der Waals surface area (Å²) < 4.78 is 0. The minimum atomic E-state index is -0.0734. The van der Waals surface area contributed by atoms with Crippen molar-refractivity contribution in [3.8, 4) is 0 Å². The number of H-pyrrole nitrogens is 1. The Balaban J connectivity index is 1.30. The maximum Gasteiger partial charge on any atom is 0.321 e. The lowest BCUT2D eigenvalue weighted by molar-refractivity contribution is 0.141. The number of nitrogens with zero attached hydrogens (tertiary/aromatic N) is 3. The van der Waals surface area contributed by atoms with Crippen LogP contribution in [0.5, 0.6) is 0 Å². The molecule has 1 aliphatic heterocycles. The monoisotopic (exact) mass is 369 g/mol. The molecule has 1 aliphatic rings. The van der Waals surface area contributed by atoms with Crippen molar-refractivity contribution in [3.05, 3.63) is 59.4 Å². The predicted molar refractivity (Wildman–Crippen MR) is 103 cm³/mol. The van der Waals surface area contributed by atoms with Gasteiger partial charge in [-0.25, -0.2) is 9.78 Å². The fourth-order valence-electron chi connectivity index (χ4n) is 3.14. The van der Waals surface area contributed by atoms with Gasteiger partial charge in [-0.15, -0.1) is 0 Å². The third-order valence-electron chi connectivity index (χ3n) is 4.57. The molecule has 1 aromatic heterocycles. The number of amides is 2. The molecule has 0 atom stereocenters. The molecule has 134 valence electrons. The van der Waals surface area contributed by atoms with Crippen LogP contribution in [0.1, 0.15) is 5.82 Å². The predicted octanol–water partition coefficient (Wildman–Crippen LogP) is 3.57. The highest BCUT2D eigenvalue weighted by Crippen LogP contribution is 2.15. The molecule has 6 nitrogen and oxygen atoms in total. The molecule has 0 aliphatic carbocycles. The van der Waals surface area contributed by atoms with E-state index >= 15 is 0 Å². The standard InChI is InChI=1S/C19H20ClN5O/c20-14-5-7-15(8-6-14)21-19(26)25-11-9-24(10-12-25)13-18-22-16-3-1-2-4-17(16)23-18/h1-8H,9-13H2,(H,21,26)(H,22,23). The fraction of sp³-hybridized carbons (Fsp3) is 0.263. The van der Waals surface area contributed by atoms with Crippen molar-refractivity contribution >= 4 is 34.4 Å². The lowest BCUT2D eigenvalue weighted by atomic mass is 10.3. The van der Waals surface area contributed by atoms with Crippen molar-refractivity contribution in [1.29, 1.82) is 0 Å². The van der Waals surface area contributed by atoms with Crippen LogP contribution in [0, 0.1) is 0 Å². The summed E-state index contributed by atoms with van der Waals surface area (Å²) in [5.41, 5.74) is 2.80. The molecule has 0 radical (unpaired) electrons. The average Bonchev–Trinajstić information content (AvgIpc) is 3.06. The number of fused-ring (bicyclic) bond motifs is 1. The topological polar surface area (TPSA) is 64.3 Å². The van der Waals surface area contributed by atoms with Crippen LogP contribution in [0.15, 0.2) is 48.5 Å². The maximum absolute atomic E-state index is 12.4. The highest BCUT2D eigenvalue weighted by molar-refractivity contribution is 6.30. The number of aromatic amines is 1. The Labute approximate surface area is 156 Å². The summed E-state index contributed by atoms with van der Waals surface area (Å²) in [6.07, 6.45) is 0. The largest absolute Gasteiger partial charge is 0.341 e. The number of halogens is 1. The first-order chi connectivity index (χ1) is 12.7. The van der Waals surface area contributed by atoms with Gasteiger partial charge in [-0.3, -0.25) is 4.90 Å². The van der Waals surface area contributed by atoms with Crippen molar-refractivity contribution in [1.82, 2.24) is 19.8 Å². The Morgan fingerprint density at radius 3 is 2.54 bits per heavy atom. The summed E-state index contributed by atoms with van der Waals surface area (Å²) in [7, 11) is 0. The molecule has 7 heteroatoms. The number of aromatic nitrogens is 2. The number of nitrogens with one attached hydrogen (secondary N) is 2. The lowest BCUT2D eigenvalue weighted by Gasteiger charge is -2.34. The number of carbonyl (C=O) groups is 1. The molecule has 0 spiro atoms. The van der Waals surface area contributed by atoms with E-state index in [1.807, 2.05) is 29.2 Å². The molecular formula is C19H20ClN5O. The SMILES string of the molecule is O=C(Nc1ccc(Cl)cc1)N1CCN(Cc2nc3ccccc3[nH]2)CC1. The quantitative estimate of drug-likeness (QED) is 0.741. The summed E-state index contributed by atoms with van der Waals surface area (Å²) in [6, 6.07) is 15.1.